The average molecular weight is 583 g/mol. The highest BCUT2D eigenvalue weighted by molar-refractivity contribution is 7.99. The van der Waals surface area contributed by atoms with Crippen molar-refractivity contribution >= 4 is 55.7 Å². The molecule has 0 bridgehead atoms. The van der Waals surface area contributed by atoms with E-state index in [1.165, 1.54) is 16.6 Å². The van der Waals surface area contributed by atoms with Gasteiger partial charge in [-0.2, -0.15) is 5.10 Å². The number of rotatable bonds is 8. The van der Waals surface area contributed by atoms with Crippen molar-refractivity contribution in [2.45, 2.75) is 44.7 Å². The van der Waals surface area contributed by atoms with Gasteiger partial charge in [-0.05, 0) is 80.1 Å². The minimum absolute atomic E-state index is 0.0619. The van der Waals surface area contributed by atoms with Crippen LogP contribution in [0.4, 0.5) is 0 Å². The van der Waals surface area contributed by atoms with Crippen LogP contribution in [-0.2, 0) is 17.6 Å². The summed E-state index contributed by atoms with van der Waals surface area (Å²) in [4.78, 5) is 33.8. The third kappa shape index (κ3) is 5.52. The minimum Gasteiger partial charge on any atom is -0.494 e. The third-order valence-corrected chi connectivity index (χ3v) is 9.35. The number of nitrogens with zero attached hydrogens (tertiary/aromatic N) is 3. The van der Waals surface area contributed by atoms with Gasteiger partial charge in [-0.15, -0.1) is 11.3 Å². The Kier molecular flexibility index (Phi) is 7.89. The number of benzene rings is 3. The first-order valence-corrected chi connectivity index (χ1v) is 15.6. The molecule has 2 heterocycles. The fourth-order valence-electron chi connectivity index (χ4n) is 5.28. The second-order valence-corrected chi connectivity index (χ2v) is 11.9. The Morgan fingerprint density at radius 3 is 2.68 bits per heavy atom. The fraction of sp³-hybridized carbons (Fsp3) is 0.250. The van der Waals surface area contributed by atoms with Gasteiger partial charge in [-0.3, -0.25) is 14.2 Å². The highest BCUT2D eigenvalue weighted by Crippen LogP contribution is 2.35. The van der Waals surface area contributed by atoms with Gasteiger partial charge >= 0.3 is 0 Å². The number of hydrazone groups is 1. The molecule has 0 aliphatic heterocycles. The summed E-state index contributed by atoms with van der Waals surface area (Å²) < 4.78 is 7.23. The molecule has 5 aromatic rings. The molecule has 0 unspecified atom stereocenters. The lowest BCUT2D eigenvalue weighted by Gasteiger charge is -2.14. The van der Waals surface area contributed by atoms with E-state index in [9.17, 15) is 9.59 Å². The highest BCUT2D eigenvalue weighted by atomic mass is 32.2. The number of thioether (sulfide) groups is 1. The molecule has 0 fully saturated rings. The predicted octanol–water partition coefficient (Wildman–Crippen LogP) is 6.51. The number of nitrogens with one attached hydrogen (secondary N) is 1. The molecule has 3 aromatic carbocycles. The number of aromatic nitrogens is 2. The molecule has 41 heavy (non-hydrogen) atoms. The van der Waals surface area contributed by atoms with E-state index < -0.39 is 0 Å². The first-order valence-electron chi connectivity index (χ1n) is 13.8. The Morgan fingerprint density at radius 1 is 1.07 bits per heavy atom. The van der Waals surface area contributed by atoms with Crippen molar-refractivity contribution in [2.75, 3.05) is 12.4 Å². The van der Waals surface area contributed by atoms with E-state index in [4.69, 9.17) is 9.72 Å². The number of aryl methyl sites for hydroxylation is 2. The van der Waals surface area contributed by atoms with Gasteiger partial charge < -0.3 is 4.74 Å². The topological polar surface area (TPSA) is 85.6 Å². The maximum absolute atomic E-state index is 14.0. The predicted molar refractivity (Wildman–Crippen MR) is 168 cm³/mol. The number of carbonyl (C=O) groups excluding carboxylic acids is 1. The molecule has 0 atom stereocenters. The zero-order chi connectivity index (χ0) is 28.3. The normalized spacial score (nSPS) is 13.4. The summed E-state index contributed by atoms with van der Waals surface area (Å²) in [7, 11) is 0. The molecule has 0 saturated carbocycles. The van der Waals surface area contributed by atoms with Gasteiger partial charge in [0.1, 0.15) is 10.6 Å². The van der Waals surface area contributed by atoms with Crippen LogP contribution in [0.1, 0.15) is 42.7 Å². The Hall–Kier alpha value is -3.95. The number of carbonyl (C=O) groups is 1. The van der Waals surface area contributed by atoms with Crippen molar-refractivity contribution in [1.29, 1.82) is 0 Å². The van der Waals surface area contributed by atoms with Crippen molar-refractivity contribution in [2.24, 2.45) is 5.10 Å². The van der Waals surface area contributed by atoms with Crippen LogP contribution in [0.2, 0.25) is 0 Å². The molecular formula is C32H30N4O3S2. The van der Waals surface area contributed by atoms with Gasteiger partial charge in [0, 0.05) is 10.4 Å². The number of hydrogen-bond acceptors (Lipinski definition) is 7. The second kappa shape index (κ2) is 11.9. The molecule has 7 nitrogen and oxygen atoms in total. The van der Waals surface area contributed by atoms with Gasteiger partial charge in [0.25, 0.3) is 11.5 Å². The largest absolute Gasteiger partial charge is 0.494 e. The zero-order valence-electron chi connectivity index (χ0n) is 23.0. The van der Waals surface area contributed by atoms with Crippen molar-refractivity contribution in [1.82, 2.24) is 15.0 Å². The Bertz CT molecular complexity index is 1840. The second-order valence-electron chi connectivity index (χ2n) is 9.90. The highest BCUT2D eigenvalue weighted by Gasteiger charge is 2.23. The molecule has 1 amide bonds. The van der Waals surface area contributed by atoms with Crippen LogP contribution in [0, 0.1) is 0 Å². The minimum atomic E-state index is -0.271. The van der Waals surface area contributed by atoms with E-state index in [-0.39, 0.29) is 17.2 Å². The summed E-state index contributed by atoms with van der Waals surface area (Å²) in [6.07, 6.45) is 4.10. The number of fused-ring (bicyclic) bond motifs is 4. The lowest BCUT2D eigenvalue weighted by molar-refractivity contribution is -0.118. The van der Waals surface area contributed by atoms with E-state index in [1.807, 2.05) is 68.4 Å². The Balaban J connectivity index is 1.29. The summed E-state index contributed by atoms with van der Waals surface area (Å²) in [5, 5.41) is 7.77. The van der Waals surface area contributed by atoms with Crippen LogP contribution in [0.5, 0.6) is 5.75 Å². The summed E-state index contributed by atoms with van der Waals surface area (Å²) >= 11 is 2.84. The lowest BCUT2D eigenvalue weighted by atomic mass is 9.97. The van der Waals surface area contributed by atoms with Gasteiger partial charge in [0.2, 0.25) is 0 Å². The quantitative estimate of drug-likeness (QED) is 0.0976. The fourth-order valence-corrected chi connectivity index (χ4v) is 7.39. The summed E-state index contributed by atoms with van der Waals surface area (Å²) in [6, 6.07) is 21.6. The van der Waals surface area contributed by atoms with E-state index in [0.29, 0.717) is 22.8 Å². The third-order valence-electron chi connectivity index (χ3n) is 7.22. The molecule has 208 valence electrons. The number of ether oxygens (including phenoxy) is 1. The maximum atomic E-state index is 14.0. The van der Waals surface area contributed by atoms with Crippen molar-refractivity contribution in [3.05, 3.63) is 93.1 Å². The molecule has 9 heteroatoms. The molecule has 1 aliphatic rings. The molecule has 1 aliphatic carbocycles. The van der Waals surface area contributed by atoms with Crippen LogP contribution in [0.3, 0.4) is 0 Å². The molecule has 1 N–H and O–H groups in total. The SMILES string of the molecule is CCOc1ccc(-n2c(SCC(=O)NN=C(C)c3cccc4ccccc34)nc3sc4c(c3c2=O)CCCC4)cc1. The summed E-state index contributed by atoms with van der Waals surface area (Å²) in [5.41, 5.74) is 6.11. The average Bonchev–Trinajstić information content (AvgIpc) is 3.38. The van der Waals surface area contributed by atoms with Crippen LogP contribution in [0.15, 0.2) is 81.8 Å². The molecule has 0 radical (unpaired) electrons. The molecule has 0 saturated heterocycles. The van der Waals surface area contributed by atoms with Crippen molar-refractivity contribution in [3.8, 4) is 11.4 Å². The molecule has 0 spiro atoms. The van der Waals surface area contributed by atoms with E-state index in [1.54, 1.807) is 15.9 Å². The lowest BCUT2D eigenvalue weighted by Crippen LogP contribution is -2.24. The standard InChI is InChI=1S/C32H30N4O3S2/c1-3-39-23-17-15-22(16-18-23)36-31(38)29-26-12-6-7-14-27(26)41-30(29)33-32(36)40-19-28(37)35-34-20(2)24-13-8-10-21-9-4-5-11-25(21)24/h4-5,8-11,13,15-18H,3,6-7,12,14,19H2,1-2H3,(H,35,37). The van der Waals surface area contributed by atoms with Crippen LogP contribution < -0.4 is 15.7 Å². The first-order chi connectivity index (χ1) is 20.0. The Morgan fingerprint density at radius 2 is 1.85 bits per heavy atom. The van der Waals surface area contributed by atoms with E-state index >= 15 is 0 Å². The van der Waals surface area contributed by atoms with E-state index in [0.717, 1.165) is 63.9 Å². The van der Waals surface area contributed by atoms with E-state index in [2.05, 4.69) is 22.7 Å². The van der Waals surface area contributed by atoms with Crippen LogP contribution >= 0.6 is 23.1 Å². The molecular weight excluding hydrogens is 553 g/mol. The monoisotopic (exact) mass is 582 g/mol. The number of thiophene rings is 1. The number of amides is 1. The van der Waals surface area contributed by atoms with Crippen molar-refractivity contribution < 1.29 is 9.53 Å². The molecule has 6 rings (SSSR count). The van der Waals surface area contributed by atoms with Gasteiger partial charge in [0.15, 0.2) is 5.16 Å². The van der Waals surface area contributed by atoms with Crippen LogP contribution in [-0.4, -0.2) is 33.5 Å². The van der Waals surface area contributed by atoms with Gasteiger partial charge in [0.05, 0.1) is 29.1 Å². The summed E-state index contributed by atoms with van der Waals surface area (Å²) in [5.74, 6) is 0.527. The number of hydrogen-bond donors (Lipinski definition) is 1. The smallest absolute Gasteiger partial charge is 0.267 e. The Labute approximate surface area is 246 Å². The van der Waals surface area contributed by atoms with Crippen molar-refractivity contribution in [3.63, 3.8) is 0 Å². The van der Waals surface area contributed by atoms with Crippen LogP contribution in [0.25, 0.3) is 26.7 Å². The van der Waals surface area contributed by atoms with Gasteiger partial charge in [-0.1, -0.05) is 54.2 Å². The first kappa shape index (κ1) is 27.2. The summed E-state index contributed by atoms with van der Waals surface area (Å²) in [6.45, 7) is 4.38. The zero-order valence-corrected chi connectivity index (χ0v) is 24.6. The maximum Gasteiger partial charge on any atom is 0.267 e. The molecule has 2 aromatic heterocycles. The van der Waals surface area contributed by atoms with Gasteiger partial charge in [-0.25, -0.2) is 10.4 Å².